The van der Waals surface area contributed by atoms with Gasteiger partial charge in [-0.05, 0) is 31.9 Å². The fourth-order valence-corrected chi connectivity index (χ4v) is 2.08. The highest BCUT2D eigenvalue weighted by Gasteiger charge is 2.09. The Hall–Kier alpha value is -1.81. The largest absolute Gasteiger partial charge is 0.487 e. The van der Waals surface area contributed by atoms with Crippen LogP contribution in [0, 0.1) is 6.92 Å². The number of para-hydroxylation sites is 1. The van der Waals surface area contributed by atoms with Gasteiger partial charge >= 0.3 is 0 Å². The molecular weight excluding hydrogens is 252 g/mol. The number of hydrogen-bond acceptors (Lipinski definition) is 3. The van der Waals surface area contributed by atoms with E-state index >= 15 is 0 Å². The van der Waals surface area contributed by atoms with Gasteiger partial charge in [-0.15, -0.1) is 0 Å². The smallest absolute Gasteiger partial charge is 0.132 e. The molecule has 108 valence electrons. The van der Waals surface area contributed by atoms with Crippen molar-refractivity contribution in [2.24, 2.45) is 0 Å². The standard InChI is InChI=1S/C16H22N2O2/c1-4-13(3)18-9-8-15(17-18)11-20-16-12(2)6-5-7-14(16)10-19/h5-9,13,19H,4,10-11H2,1-3H3. The molecule has 0 spiro atoms. The number of nitrogens with zero attached hydrogens (tertiary/aromatic N) is 2. The lowest BCUT2D eigenvalue weighted by Crippen LogP contribution is -2.06. The van der Waals surface area contributed by atoms with E-state index in [4.69, 9.17) is 4.74 Å². The van der Waals surface area contributed by atoms with E-state index < -0.39 is 0 Å². The lowest BCUT2D eigenvalue weighted by molar-refractivity contribution is 0.255. The Morgan fingerprint density at radius 1 is 1.35 bits per heavy atom. The normalized spacial score (nSPS) is 12.4. The molecule has 1 N–H and O–H groups in total. The van der Waals surface area contributed by atoms with Crippen LogP contribution < -0.4 is 4.74 Å². The molecule has 0 amide bonds. The van der Waals surface area contributed by atoms with Crippen molar-refractivity contribution in [1.82, 2.24) is 9.78 Å². The fraction of sp³-hybridized carbons (Fsp3) is 0.438. The maximum Gasteiger partial charge on any atom is 0.132 e. The first-order valence-electron chi connectivity index (χ1n) is 7.01. The number of ether oxygens (including phenoxy) is 1. The summed E-state index contributed by atoms with van der Waals surface area (Å²) in [5.41, 5.74) is 2.74. The molecule has 1 aromatic carbocycles. The Balaban J connectivity index is 2.07. The van der Waals surface area contributed by atoms with E-state index in [1.165, 1.54) is 0 Å². The molecule has 0 aliphatic heterocycles. The van der Waals surface area contributed by atoms with Crippen LogP contribution in [0.15, 0.2) is 30.5 Å². The molecule has 0 radical (unpaired) electrons. The van der Waals surface area contributed by atoms with Crippen LogP contribution in [-0.4, -0.2) is 14.9 Å². The number of aromatic nitrogens is 2. The van der Waals surface area contributed by atoms with Crippen molar-refractivity contribution in [3.63, 3.8) is 0 Å². The molecule has 2 aromatic rings. The summed E-state index contributed by atoms with van der Waals surface area (Å²) in [4.78, 5) is 0. The van der Waals surface area contributed by atoms with Crippen LogP contribution >= 0.6 is 0 Å². The summed E-state index contributed by atoms with van der Waals surface area (Å²) in [6.45, 7) is 6.66. The molecule has 0 saturated carbocycles. The summed E-state index contributed by atoms with van der Waals surface area (Å²) in [5, 5.41) is 13.9. The summed E-state index contributed by atoms with van der Waals surface area (Å²) in [6, 6.07) is 8.15. The average Bonchev–Trinajstić information content (AvgIpc) is 2.93. The number of benzene rings is 1. The van der Waals surface area contributed by atoms with Crippen molar-refractivity contribution in [3.8, 4) is 5.75 Å². The zero-order valence-electron chi connectivity index (χ0n) is 12.3. The maximum atomic E-state index is 9.35. The number of aliphatic hydroxyl groups is 1. The lowest BCUT2D eigenvalue weighted by atomic mass is 10.1. The molecule has 1 aromatic heterocycles. The molecule has 2 rings (SSSR count). The quantitative estimate of drug-likeness (QED) is 0.879. The molecule has 0 saturated heterocycles. The summed E-state index contributed by atoms with van der Waals surface area (Å²) in [7, 11) is 0. The minimum Gasteiger partial charge on any atom is -0.487 e. The number of aliphatic hydroxyl groups excluding tert-OH is 1. The van der Waals surface area contributed by atoms with Crippen molar-refractivity contribution in [1.29, 1.82) is 0 Å². The van der Waals surface area contributed by atoms with E-state index in [1.54, 1.807) is 0 Å². The maximum absolute atomic E-state index is 9.35. The van der Waals surface area contributed by atoms with E-state index in [-0.39, 0.29) is 6.61 Å². The molecule has 20 heavy (non-hydrogen) atoms. The number of hydrogen-bond donors (Lipinski definition) is 1. The van der Waals surface area contributed by atoms with Gasteiger partial charge < -0.3 is 9.84 Å². The van der Waals surface area contributed by atoms with Gasteiger partial charge in [0.1, 0.15) is 12.4 Å². The van der Waals surface area contributed by atoms with Crippen LogP contribution in [0.4, 0.5) is 0 Å². The van der Waals surface area contributed by atoms with E-state index in [0.717, 1.165) is 29.0 Å². The van der Waals surface area contributed by atoms with E-state index in [9.17, 15) is 5.11 Å². The molecular formula is C16H22N2O2. The summed E-state index contributed by atoms with van der Waals surface area (Å²) < 4.78 is 7.80. The van der Waals surface area contributed by atoms with Crippen LogP contribution in [0.2, 0.25) is 0 Å². The van der Waals surface area contributed by atoms with Gasteiger partial charge in [0.05, 0.1) is 12.3 Å². The minimum absolute atomic E-state index is 0.0156. The molecule has 1 unspecified atom stereocenters. The van der Waals surface area contributed by atoms with Gasteiger partial charge in [-0.1, -0.05) is 25.1 Å². The number of aryl methyl sites for hydroxylation is 1. The van der Waals surface area contributed by atoms with Crippen molar-refractivity contribution < 1.29 is 9.84 Å². The van der Waals surface area contributed by atoms with Gasteiger partial charge in [-0.2, -0.15) is 5.10 Å². The number of rotatable bonds is 6. The predicted octanol–water partition coefficient (Wildman–Crippen LogP) is 3.23. The van der Waals surface area contributed by atoms with Crippen molar-refractivity contribution >= 4 is 0 Å². The predicted molar refractivity (Wildman–Crippen MR) is 78.7 cm³/mol. The molecule has 4 nitrogen and oxygen atoms in total. The fourth-order valence-electron chi connectivity index (χ4n) is 2.08. The first-order valence-corrected chi connectivity index (χ1v) is 7.01. The molecule has 0 fully saturated rings. The Labute approximate surface area is 120 Å². The van der Waals surface area contributed by atoms with Crippen LogP contribution in [0.1, 0.15) is 43.1 Å². The highest BCUT2D eigenvalue weighted by Crippen LogP contribution is 2.24. The van der Waals surface area contributed by atoms with Gasteiger partial charge in [0.2, 0.25) is 0 Å². The molecule has 0 bridgehead atoms. The summed E-state index contributed by atoms with van der Waals surface area (Å²) >= 11 is 0. The Kier molecular flexibility index (Phi) is 4.79. The van der Waals surface area contributed by atoms with Crippen LogP contribution in [0.5, 0.6) is 5.75 Å². The summed E-state index contributed by atoms with van der Waals surface area (Å²) in [5.74, 6) is 0.757. The molecule has 4 heteroatoms. The molecule has 0 aliphatic carbocycles. The van der Waals surface area contributed by atoms with Gasteiger partial charge in [-0.3, -0.25) is 4.68 Å². The Morgan fingerprint density at radius 3 is 2.85 bits per heavy atom. The zero-order valence-corrected chi connectivity index (χ0v) is 12.3. The first kappa shape index (κ1) is 14.6. The van der Waals surface area contributed by atoms with E-state index in [1.807, 2.05) is 42.1 Å². The molecule has 1 heterocycles. The second-order valence-corrected chi connectivity index (χ2v) is 5.05. The zero-order chi connectivity index (χ0) is 14.5. The molecule has 1 atom stereocenters. The Morgan fingerprint density at radius 2 is 2.15 bits per heavy atom. The van der Waals surface area contributed by atoms with Crippen molar-refractivity contribution in [2.45, 2.75) is 46.4 Å². The third kappa shape index (κ3) is 3.20. The third-order valence-electron chi connectivity index (χ3n) is 3.53. The second kappa shape index (κ2) is 6.57. The third-order valence-corrected chi connectivity index (χ3v) is 3.53. The van der Waals surface area contributed by atoms with Gasteiger partial charge in [0, 0.05) is 17.8 Å². The highest BCUT2D eigenvalue weighted by atomic mass is 16.5. The minimum atomic E-state index is -0.0156. The van der Waals surface area contributed by atoms with Crippen LogP contribution in [0.25, 0.3) is 0 Å². The van der Waals surface area contributed by atoms with Gasteiger partial charge in [0.25, 0.3) is 0 Å². The average molecular weight is 274 g/mol. The van der Waals surface area contributed by atoms with E-state index in [0.29, 0.717) is 12.6 Å². The van der Waals surface area contributed by atoms with Crippen molar-refractivity contribution in [2.75, 3.05) is 0 Å². The SMILES string of the molecule is CCC(C)n1ccc(COc2c(C)cccc2CO)n1. The molecule has 0 aliphatic rings. The highest BCUT2D eigenvalue weighted by molar-refractivity contribution is 5.40. The summed E-state index contributed by atoms with van der Waals surface area (Å²) in [6.07, 6.45) is 3.03. The topological polar surface area (TPSA) is 47.3 Å². The van der Waals surface area contributed by atoms with Gasteiger partial charge in [-0.25, -0.2) is 0 Å². The Bertz CT molecular complexity index is 563. The monoisotopic (exact) mass is 274 g/mol. The second-order valence-electron chi connectivity index (χ2n) is 5.05. The van der Waals surface area contributed by atoms with Crippen molar-refractivity contribution in [3.05, 3.63) is 47.3 Å². The van der Waals surface area contributed by atoms with Gasteiger partial charge in [0.15, 0.2) is 0 Å². The van der Waals surface area contributed by atoms with Crippen LogP contribution in [-0.2, 0) is 13.2 Å². The lowest BCUT2D eigenvalue weighted by Gasteiger charge is -2.12. The van der Waals surface area contributed by atoms with E-state index in [2.05, 4.69) is 18.9 Å². The first-order chi connectivity index (χ1) is 9.65. The van der Waals surface area contributed by atoms with Crippen LogP contribution in [0.3, 0.4) is 0 Å².